The van der Waals surface area contributed by atoms with Gasteiger partial charge in [-0.3, -0.25) is 4.79 Å². The average molecular weight is 239 g/mol. The molecule has 94 valence electrons. The van der Waals surface area contributed by atoms with Gasteiger partial charge in [-0.25, -0.2) is 4.98 Å². The molecule has 6 nitrogen and oxygen atoms in total. The lowest BCUT2D eigenvalue weighted by Gasteiger charge is -2.08. The van der Waals surface area contributed by atoms with Crippen LogP contribution in [0.1, 0.15) is 6.42 Å². The predicted molar refractivity (Wildman–Crippen MR) is 63.6 cm³/mol. The number of nitrogens with two attached hydrogens (primary N) is 1. The molecule has 1 aromatic heterocycles. The quantitative estimate of drug-likeness (QED) is 0.663. The van der Waals surface area contributed by atoms with E-state index in [4.69, 9.17) is 15.2 Å². The number of ether oxygens (including phenoxy) is 2. The standard InChI is InChI=1S/C11H17N3O3/c1-16-7-3-6-13-10(15)8-17-9-4-2-5-14-11(9)12/h2,4-5H,3,6-8H2,1H3,(H2,12,14)(H,13,15). The molecule has 0 saturated heterocycles. The maximum atomic E-state index is 11.4. The number of carbonyl (C=O) groups is 1. The summed E-state index contributed by atoms with van der Waals surface area (Å²) in [6.45, 7) is 1.12. The Balaban J connectivity index is 2.22. The van der Waals surface area contributed by atoms with Crippen molar-refractivity contribution in [2.45, 2.75) is 6.42 Å². The highest BCUT2D eigenvalue weighted by molar-refractivity contribution is 5.77. The second-order valence-corrected chi connectivity index (χ2v) is 3.37. The molecule has 3 N–H and O–H groups in total. The van der Waals surface area contributed by atoms with Crippen molar-refractivity contribution in [3.8, 4) is 5.75 Å². The normalized spacial score (nSPS) is 9.94. The molecule has 1 aromatic rings. The number of hydrogen-bond donors (Lipinski definition) is 2. The maximum Gasteiger partial charge on any atom is 0.257 e. The Morgan fingerprint density at radius 1 is 1.59 bits per heavy atom. The number of aromatic nitrogens is 1. The van der Waals surface area contributed by atoms with Crippen molar-refractivity contribution in [2.24, 2.45) is 0 Å². The molecular formula is C11H17N3O3. The van der Waals surface area contributed by atoms with Crippen LogP contribution in [0.25, 0.3) is 0 Å². The SMILES string of the molecule is COCCCNC(=O)COc1cccnc1N. The molecule has 0 saturated carbocycles. The van der Waals surface area contributed by atoms with Gasteiger partial charge in [0.05, 0.1) is 0 Å². The van der Waals surface area contributed by atoms with Crippen molar-refractivity contribution in [3.05, 3.63) is 18.3 Å². The van der Waals surface area contributed by atoms with E-state index in [0.717, 1.165) is 6.42 Å². The third kappa shape index (κ3) is 5.17. The molecular weight excluding hydrogens is 222 g/mol. The first-order valence-corrected chi connectivity index (χ1v) is 5.33. The Morgan fingerprint density at radius 3 is 3.12 bits per heavy atom. The molecule has 0 aliphatic heterocycles. The minimum absolute atomic E-state index is 0.0666. The van der Waals surface area contributed by atoms with Gasteiger partial charge in [0.2, 0.25) is 0 Å². The third-order valence-corrected chi connectivity index (χ3v) is 2.01. The summed E-state index contributed by atoms with van der Waals surface area (Å²) in [4.78, 5) is 15.2. The fourth-order valence-electron chi connectivity index (χ4n) is 1.16. The average Bonchev–Trinajstić information content (AvgIpc) is 2.34. The van der Waals surface area contributed by atoms with Gasteiger partial charge in [0, 0.05) is 26.5 Å². The summed E-state index contributed by atoms with van der Waals surface area (Å²) in [5, 5.41) is 2.70. The van der Waals surface area contributed by atoms with Crippen LogP contribution in [0.5, 0.6) is 5.75 Å². The number of carbonyl (C=O) groups excluding carboxylic acids is 1. The van der Waals surface area contributed by atoms with Crippen molar-refractivity contribution >= 4 is 11.7 Å². The number of rotatable bonds is 7. The number of amides is 1. The van der Waals surface area contributed by atoms with E-state index in [2.05, 4.69) is 10.3 Å². The lowest BCUT2D eigenvalue weighted by molar-refractivity contribution is -0.123. The van der Waals surface area contributed by atoms with E-state index in [1.54, 1.807) is 25.4 Å². The van der Waals surface area contributed by atoms with E-state index in [0.29, 0.717) is 18.9 Å². The van der Waals surface area contributed by atoms with Crippen LogP contribution in [-0.4, -0.2) is 37.8 Å². The molecule has 0 aliphatic carbocycles. The molecule has 0 aromatic carbocycles. The van der Waals surface area contributed by atoms with Gasteiger partial charge < -0.3 is 20.5 Å². The van der Waals surface area contributed by atoms with E-state index in [9.17, 15) is 4.79 Å². The van der Waals surface area contributed by atoms with Gasteiger partial charge in [-0.1, -0.05) is 0 Å². The number of nitrogens with one attached hydrogen (secondary N) is 1. The van der Waals surface area contributed by atoms with Crippen LogP contribution in [-0.2, 0) is 9.53 Å². The van der Waals surface area contributed by atoms with E-state index in [-0.39, 0.29) is 18.3 Å². The molecule has 0 bridgehead atoms. The molecule has 0 radical (unpaired) electrons. The van der Waals surface area contributed by atoms with Crippen LogP contribution < -0.4 is 15.8 Å². The number of nitrogens with zero attached hydrogens (tertiary/aromatic N) is 1. The minimum atomic E-state index is -0.190. The number of nitrogen functional groups attached to an aromatic ring is 1. The van der Waals surface area contributed by atoms with Crippen LogP contribution in [0.3, 0.4) is 0 Å². The van der Waals surface area contributed by atoms with Crippen LogP contribution in [0, 0.1) is 0 Å². The Bertz CT molecular complexity index is 358. The highest BCUT2D eigenvalue weighted by Gasteiger charge is 2.04. The summed E-state index contributed by atoms with van der Waals surface area (Å²) >= 11 is 0. The van der Waals surface area contributed by atoms with Gasteiger partial charge in [-0.2, -0.15) is 0 Å². The van der Waals surface area contributed by atoms with Crippen molar-refractivity contribution < 1.29 is 14.3 Å². The zero-order valence-corrected chi connectivity index (χ0v) is 9.81. The number of hydrogen-bond acceptors (Lipinski definition) is 5. The Labute approximate surface area is 100 Å². The molecule has 1 amide bonds. The van der Waals surface area contributed by atoms with Gasteiger partial charge in [0.1, 0.15) is 0 Å². The zero-order valence-electron chi connectivity index (χ0n) is 9.81. The van der Waals surface area contributed by atoms with Crippen LogP contribution in [0.15, 0.2) is 18.3 Å². The monoisotopic (exact) mass is 239 g/mol. The second-order valence-electron chi connectivity index (χ2n) is 3.37. The zero-order chi connectivity index (χ0) is 12.5. The lowest BCUT2D eigenvalue weighted by Crippen LogP contribution is -2.30. The molecule has 0 aliphatic rings. The molecule has 0 spiro atoms. The molecule has 1 heterocycles. The Hall–Kier alpha value is -1.82. The van der Waals surface area contributed by atoms with Crippen LogP contribution in [0.2, 0.25) is 0 Å². The van der Waals surface area contributed by atoms with Gasteiger partial charge in [-0.05, 0) is 18.6 Å². The minimum Gasteiger partial charge on any atom is -0.480 e. The molecule has 6 heteroatoms. The third-order valence-electron chi connectivity index (χ3n) is 2.01. The van der Waals surface area contributed by atoms with Crippen molar-refractivity contribution in [1.29, 1.82) is 0 Å². The maximum absolute atomic E-state index is 11.4. The first-order valence-electron chi connectivity index (χ1n) is 5.33. The van der Waals surface area contributed by atoms with E-state index in [1.165, 1.54) is 0 Å². The number of pyridine rings is 1. The largest absolute Gasteiger partial charge is 0.480 e. The highest BCUT2D eigenvalue weighted by atomic mass is 16.5. The van der Waals surface area contributed by atoms with Crippen LogP contribution >= 0.6 is 0 Å². The Kier molecular flexibility index (Phi) is 5.81. The summed E-state index contributed by atoms with van der Waals surface area (Å²) in [5.41, 5.74) is 5.56. The first-order chi connectivity index (χ1) is 8.24. The van der Waals surface area contributed by atoms with E-state index < -0.39 is 0 Å². The first kappa shape index (κ1) is 13.2. The lowest BCUT2D eigenvalue weighted by atomic mass is 10.4. The van der Waals surface area contributed by atoms with Crippen molar-refractivity contribution in [3.63, 3.8) is 0 Å². The van der Waals surface area contributed by atoms with Crippen LogP contribution in [0.4, 0.5) is 5.82 Å². The fourth-order valence-corrected chi connectivity index (χ4v) is 1.16. The van der Waals surface area contributed by atoms with E-state index >= 15 is 0 Å². The topological polar surface area (TPSA) is 86.5 Å². The van der Waals surface area contributed by atoms with Gasteiger partial charge >= 0.3 is 0 Å². The Morgan fingerprint density at radius 2 is 2.41 bits per heavy atom. The highest BCUT2D eigenvalue weighted by Crippen LogP contribution is 2.16. The molecule has 0 atom stereocenters. The summed E-state index contributed by atoms with van der Waals surface area (Å²) in [5.74, 6) is 0.503. The predicted octanol–water partition coefficient (Wildman–Crippen LogP) is 0.195. The van der Waals surface area contributed by atoms with Gasteiger partial charge in [0.25, 0.3) is 5.91 Å². The molecule has 0 fully saturated rings. The van der Waals surface area contributed by atoms with E-state index in [1.807, 2.05) is 0 Å². The van der Waals surface area contributed by atoms with Crippen molar-refractivity contribution in [1.82, 2.24) is 10.3 Å². The summed E-state index contributed by atoms with van der Waals surface area (Å²) in [6.07, 6.45) is 2.34. The molecule has 0 unspecified atom stereocenters. The van der Waals surface area contributed by atoms with Gasteiger partial charge in [0.15, 0.2) is 18.2 Å². The summed E-state index contributed by atoms with van der Waals surface area (Å²) < 4.78 is 10.1. The van der Waals surface area contributed by atoms with Crippen molar-refractivity contribution in [2.75, 3.05) is 32.6 Å². The fraction of sp³-hybridized carbons (Fsp3) is 0.455. The number of methoxy groups -OCH3 is 1. The van der Waals surface area contributed by atoms with Gasteiger partial charge in [-0.15, -0.1) is 0 Å². The summed E-state index contributed by atoms with van der Waals surface area (Å²) in [7, 11) is 1.62. The molecule has 17 heavy (non-hydrogen) atoms. The second kappa shape index (κ2) is 7.45. The smallest absolute Gasteiger partial charge is 0.257 e. The summed E-state index contributed by atoms with van der Waals surface area (Å²) in [6, 6.07) is 3.36. The number of anilines is 1. The molecule has 1 rings (SSSR count).